The second-order valence-electron chi connectivity index (χ2n) is 9.24. The van der Waals surface area contributed by atoms with Gasteiger partial charge in [-0.05, 0) is 52.5 Å². The molecular weight excluding hydrogens is 298 g/mol. The molecule has 0 N–H and O–H groups in total. The highest BCUT2D eigenvalue weighted by Crippen LogP contribution is 2.20. The lowest BCUT2D eigenvalue weighted by Crippen LogP contribution is -2.51. The van der Waals surface area contributed by atoms with Crippen molar-refractivity contribution in [3.05, 3.63) is 0 Å². The van der Waals surface area contributed by atoms with E-state index < -0.39 is 0 Å². The molecule has 2 fully saturated rings. The van der Waals surface area contributed by atoms with Gasteiger partial charge in [0.25, 0.3) is 0 Å². The van der Waals surface area contributed by atoms with Crippen LogP contribution in [0.25, 0.3) is 0 Å². The van der Waals surface area contributed by atoms with E-state index in [1.807, 2.05) is 0 Å². The van der Waals surface area contributed by atoms with Gasteiger partial charge in [-0.15, -0.1) is 0 Å². The highest BCUT2D eigenvalue weighted by molar-refractivity contribution is 4.82. The predicted octanol–water partition coefficient (Wildman–Crippen LogP) is 2.79. The van der Waals surface area contributed by atoms with Crippen molar-refractivity contribution in [2.75, 3.05) is 59.0 Å². The van der Waals surface area contributed by atoms with E-state index in [4.69, 9.17) is 4.74 Å². The van der Waals surface area contributed by atoms with Crippen LogP contribution in [0.15, 0.2) is 0 Å². The van der Waals surface area contributed by atoms with Crippen LogP contribution in [-0.4, -0.2) is 85.3 Å². The molecule has 2 rings (SSSR count). The lowest BCUT2D eigenvalue weighted by molar-refractivity contribution is -0.0114. The number of nitrogens with zero attached hydrogens (tertiary/aromatic N) is 3. The van der Waals surface area contributed by atoms with E-state index in [9.17, 15) is 0 Å². The Hall–Kier alpha value is -0.160. The van der Waals surface area contributed by atoms with Gasteiger partial charge < -0.3 is 14.5 Å². The Morgan fingerprint density at radius 3 is 2.21 bits per heavy atom. The van der Waals surface area contributed by atoms with Crippen molar-refractivity contribution in [3.8, 4) is 0 Å². The van der Waals surface area contributed by atoms with Gasteiger partial charge in [0.05, 0.1) is 12.2 Å². The minimum atomic E-state index is -0.00801. The summed E-state index contributed by atoms with van der Waals surface area (Å²) in [5, 5.41) is 0. The van der Waals surface area contributed by atoms with Crippen molar-refractivity contribution >= 4 is 0 Å². The molecule has 0 aromatic rings. The molecule has 0 aromatic heterocycles. The number of piperazine rings is 1. The smallest absolute Gasteiger partial charge is 0.0600 e. The van der Waals surface area contributed by atoms with Gasteiger partial charge in [-0.1, -0.05) is 13.8 Å². The molecule has 0 bridgehead atoms. The van der Waals surface area contributed by atoms with E-state index in [0.29, 0.717) is 0 Å². The van der Waals surface area contributed by atoms with Crippen molar-refractivity contribution in [1.82, 2.24) is 14.7 Å². The Kier molecular flexibility index (Phi) is 7.54. The topological polar surface area (TPSA) is 19.0 Å². The van der Waals surface area contributed by atoms with Gasteiger partial charge in [-0.3, -0.25) is 4.90 Å². The normalized spacial score (nSPS) is 26.4. The summed E-state index contributed by atoms with van der Waals surface area (Å²) in [7, 11) is 0. The molecule has 4 nitrogen and oxygen atoms in total. The largest absolute Gasteiger partial charge is 0.375 e. The maximum absolute atomic E-state index is 5.87. The molecule has 0 amide bonds. The van der Waals surface area contributed by atoms with Crippen molar-refractivity contribution in [2.24, 2.45) is 11.8 Å². The maximum atomic E-state index is 5.87. The molecule has 2 aliphatic heterocycles. The second kappa shape index (κ2) is 8.98. The van der Waals surface area contributed by atoms with Gasteiger partial charge in [0.1, 0.15) is 0 Å². The fraction of sp³-hybridized carbons (Fsp3) is 1.00. The first-order valence-corrected chi connectivity index (χ1v) is 10.1. The molecule has 0 spiro atoms. The van der Waals surface area contributed by atoms with Crippen LogP contribution in [0.1, 0.15) is 48.0 Å². The molecule has 0 aliphatic carbocycles. The monoisotopic (exact) mass is 339 g/mol. The average molecular weight is 340 g/mol. The van der Waals surface area contributed by atoms with Crippen LogP contribution in [0.5, 0.6) is 0 Å². The zero-order valence-corrected chi connectivity index (χ0v) is 17.1. The van der Waals surface area contributed by atoms with Crippen molar-refractivity contribution in [3.63, 3.8) is 0 Å². The lowest BCUT2D eigenvalue weighted by atomic mass is 10.0. The van der Waals surface area contributed by atoms with E-state index in [1.165, 1.54) is 52.2 Å². The van der Waals surface area contributed by atoms with Crippen molar-refractivity contribution in [1.29, 1.82) is 0 Å². The van der Waals surface area contributed by atoms with Gasteiger partial charge in [-0.2, -0.15) is 0 Å². The first-order chi connectivity index (χ1) is 11.2. The number of ether oxygens (including phenoxy) is 1. The minimum absolute atomic E-state index is 0.00801. The Morgan fingerprint density at radius 2 is 1.62 bits per heavy atom. The first kappa shape index (κ1) is 20.2. The summed E-state index contributed by atoms with van der Waals surface area (Å²) in [4.78, 5) is 7.96. The molecule has 2 heterocycles. The van der Waals surface area contributed by atoms with Crippen LogP contribution < -0.4 is 0 Å². The minimum Gasteiger partial charge on any atom is -0.375 e. The predicted molar refractivity (Wildman–Crippen MR) is 103 cm³/mol. The number of hydrogen-bond donors (Lipinski definition) is 0. The van der Waals surface area contributed by atoms with Gasteiger partial charge >= 0.3 is 0 Å². The van der Waals surface area contributed by atoms with Crippen LogP contribution in [0.4, 0.5) is 0 Å². The van der Waals surface area contributed by atoms with E-state index in [2.05, 4.69) is 56.2 Å². The number of rotatable bonds is 7. The summed E-state index contributed by atoms with van der Waals surface area (Å²) < 4.78 is 5.87. The van der Waals surface area contributed by atoms with Gasteiger partial charge in [0, 0.05) is 51.9 Å². The van der Waals surface area contributed by atoms with Gasteiger partial charge in [-0.25, -0.2) is 0 Å². The zero-order valence-electron chi connectivity index (χ0n) is 17.1. The lowest BCUT2D eigenvalue weighted by Gasteiger charge is -2.40. The third kappa shape index (κ3) is 6.62. The van der Waals surface area contributed by atoms with Crippen LogP contribution in [0.2, 0.25) is 0 Å². The van der Waals surface area contributed by atoms with Crippen LogP contribution in [-0.2, 0) is 4.74 Å². The Bertz CT molecular complexity index is 358. The molecule has 4 heteroatoms. The summed E-state index contributed by atoms with van der Waals surface area (Å²) in [5.41, 5.74) is -0.00801. The van der Waals surface area contributed by atoms with Crippen LogP contribution >= 0.6 is 0 Å². The van der Waals surface area contributed by atoms with Crippen molar-refractivity contribution in [2.45, 2.75) is 59.6 Å². The van der Waals surface area contributed by atoms with E-state index >= 15 is 0 Å². The maximum Gasteiger partial charge on any atom is 0.0600 e. The molecule has 0 aromatic carbocycles. The van der Waals surface area contributed by atoms with Crippen LogP contribution in [0, 0.1) is 11.8 Å². The van der Waals surface area contributed by atoms with E-state index in [1.54, 1.807) is 0 Å². The average Bonchev–Trinajstić information content (AvgIpc) is 2.93. The van der Waals surface area contributed by atoms with E-state index in [0.717, 1.165) is 31.0 Å². The summed E-state index contributed by atoms with van der Waals surface area (Å²) in [6.07, 6.45) is 1.36. The molecule has 1 unspecified atom stereocenters. The second-order valence-corrected chi connectivity index (χ2v) is 9.24. The van der Waals surface area contributed by atoms with Gasteiger partial charge in [0.2, 0.25) is 0 Å². The molecule has 142 valence electrons. The summed E-state index contributed by atoms with van der Waals surface area (Å²) >= 11 is 0. The molecular formula is C20H41N3O. The Balaban J connectivity index is 1.62. The fourth-order valence-electron chi connectivity index (χ4n) is 3.89. The molecule has 0 radical (unpaired) electrons. The summed E-state index contributed by atoms with van der Waals surface area (Å²) in [6.45, 7) is 24.2. The standard InChI is InChI=1S/C20H41N3O/c1-17(2)18(3)23-11-9-22(10-12-23)16-19-7-8-21(15-19)13-14-24-20(4,5)6/h17-19H,7-16H2,1-6H3/t18-,19?/m0/s1. The highest BCUT2D eigenvalue weighted by atomic mass is 16.5. The molecule has 2 atom stereocenters. The van der Waals surface area contributed by atoms with Gasteiger partial charge in [0.15, 0.2) is 0 Å². The highest BCUT2D eigenvalue weighted by Gasteiger charge is 2.27. The fourth-order valence-corrected chi connectivity index (χ4v) is 3.89. The summed E-state index contributed by atoms with van der Waals surface area (Å²) in [5.74, 6) is 1.61. The molecule has 0 saturated carbocycles. The van der Waals surface area contributed by atoms with Crippen molar-refractivity contribution < 1.29 is 4.74 Å². The first-order valence-electron chi connectivity index (χ1n) is 10.1. The quantitative estimate of drug-likeness (QED) is 0.710. The Morgan fingerprint density at radius 1 is 0.958 bits per heavy atom. The molecule has 24 heavy (non-hydrogen) atoms. The molecule has 2 aliphatic rings. The SMILES string of the molecule is CC(C)[C@H](C)N1CCN(CC2CCN(CCOC(C)(C)C)C2)CC1. The Labute approximate surface area is 150 Å². The molecule has 2 saturated heterocycles. The van der Waals surface area contributed by atoms with E-state index in [-0.39, 0.29) is 5.60 Å². The summed E-state index contributed by atoms with van der Waals surface area (Å²) in [6, 6.07) is 0.719. The third-order valence-electron chi connectivity index (χ3n) is 5.78. The zero-order chi connectivity index (χ0) is 17.7. The number of hydrogen-bond acceptors (Lipinski definition) is 4. The third-order valence-corrected chi connectivity index (χ3v) is 5.78. The van der Waals surface area contributed by atoms with Crippen LogP contribution in [0.3, 0.4) is 0 Å². The number of likely N-dealkylation sites (tertiary alicyclic amines) is 1.